The van der Waals surface area contributed by atoms with E-state index in [0.717, 1.165) is 17.4 Å². The summed E-state index contributed by atoms with van der Waals surface area (Å²) in [6, 6.07) is 1.10. The summed E-state index contributed by atoms with van der Waals surface area (Å²) >= 11 is 0.846. The number of nitrogens with one attached hydrogen (secondary N) is 1. The van der Waals surface area contributed by atoms with Gasteiger partial charge < -0.3 is 5.11 Å². The molecule has 2 unspecified atom stereocenters. The molecule has 0 saturated heterocycles. The van der Waals surface area contributed by atoms with Crippen LogP contribution in [0.25, 0.3) is 0 Å². The first-order valence-electron chi connectivity index (χ1n) is 4.87. The van der Waals surface area contributed by atoms with Gasteiger partial charge in [0.1, 0.15) is 4.88 Å². The molecule has 6 nitrogen and oxygen atoms in total. The fourth-order valence-corrected chi connectivity index (χ4v) is 3.66. The molecule has 1 aromatic rings. The largest absolute Gasteiger partial charge is 0.477 e. The topological polar surface area (TPSA) is 101 Å². The third-order valence-corrected chi connectivity index (χ3v) is 5.99. The van der Waals surface area contributed by atoms with E-state index in [2.05, 4.69) is 4.72 Å². The first-order valence-corrected chi connectivity index (χ1v) is 8.86. The molecule has 0 bridgehead atoms. The van der Waals surface area contributed by atoms with Gasteiger partial charge in [0, 0.05) is 34.2 Å². The summed E-state index contributed by atoms with van der Waals surface area (Å²) in [5.74, 6) is -1.16. The monoisotopic (exact) mass is 311 g/mol. The Bertz CT molecular complexity index is 563. The number of carboxylic acid groups (broad SMARTS) is 1. The molecule has 0 spiro atoms. The van der Waals surface area contributed by atoms with Gasteiger partial charge in [-0.15, -0.1) is 11.3 Å². The summed E-state index contributed by atoms with van der Waals surface area (Å²) in [5, 5.41) is 9.67. The van der Waals surface area contributed by atoms with Crippen LogP contribution in [-0.2, 0) is 20.8 Å². The highest BCUT2D eigenvalue weighted by molar-refractivity contribution is 7.89. The van der Waals surface area contributed by atoms with Crippen LogP contribution in [0.4, 0.5) is 0 Å². The molecule has 0 amide bonds. The Balaban J connectivity index is 2.80. The SMILES string of the molecule is CC(CNS(=O)(=O)c1csc(C(=O)O)c1)S(C)=O. The van der Waals surface area contributed by atoms with Crippen LogP contribution in [0.1, 0.15) is 16.6 Å². The highest BCUT2D eigenvalue weighted by Crippen LogP contribution is 2.19. The smallest absolute Gasteiger partial charge is 0.345 e. The maximum atomic E-state index is 11.8. The van der Waals surface area contributed by atoms with Crippen molar-refractivity contribution in [2.75, 3.05) is 12.8 Å². The number of aromatic carboxylic acids is 1. The van der Waals surface area contributed by atoms with E-state index in [9.17, 15) is 17.4 Å². The van der Waals surface area contributed by atoms with Crippen molar-refractivity contribution in [2.24, 2.45) is 0 Å². The Labute approximate surface area is 112 Å². The first-order chi connectivity index (χ1) is 8.24. The second-order valence-electron chi connectivity index (χ2n) is 3.61. The standard InChI is InChI=1S/C9H13NO5S3/c1-6(17(2)13)4-10-18(14,15)7-3-8(9(11)12)16-5-7/h3,5-6,10H,4H2,1-2H3,(H,11,12). The van der Waals surface area contributed by atoms with Gasteiger partial charge in [-0.1, -0.05) is 0 Å². The number of sulfonamides is 1. The van der Waals surface area contributed by atoms with E-state index in [1.165, 1.54) is 11.6 Å². The fraction of sp³-hybridized carbons (Fsp3) is 0.444. The lowest BCUT2D eigenvalue weighted by molar-refractivity contribution is 0.0702. The molecule has 1 rings (SSSR count). The average molecular weight is 311 g/mol. The second-order valence-corrected chi connectivity index (χ2v) is 8.09. The first kappa shape index (κ1) is 15.3. The molecular formula is C9H13NO5S3. The lowest BCUT2D eigenvalue weighted by Crippen LogP contribution is -2.32. The zero-order valence-electron chi connectivity index (χ0n) is 9.74. The molecule has 1 heterocycles. The number of rotatable bonds is 6. The summed E-state index contributed by atoms with van der Waals surface area (Å²) in [7, 11) is -4.86. The van der Waals surface area contributed by atoms with Crippen LogP contribution in [0.2, 0.25) is 0 Å². The van der Waals surface area contributed by atoms with E-state index in [4.69, 9.17) is 5.11 Å². The lowest BCUT2D eigenvalue weighted by Gasteiger charge is -2.09. The van der Waals surface area contributed by atoms with E-state index in [1.54, 1.807) is 6.92 Å². The van der Waals surface area contributed by atoms with Crippen molar-refractivity contribution in [3.63, 3.8) is 0 Å². The van der Waals surface area contributed by atoms with Crippen LogP contribution in [0.15, 0.2) is 16.3 Å². The Morgan fingerprint density at radius 2 is 2.22 bits per heavy atom. The van der Waals surface area contributed by atoms with Gasteiger partial charge in [0.25, 0.3) is 0 Å². The maximum Gasteiger partial charge on any atom is 0.345 e. The van der Waals surface area contributed by atoms with E-state index in [0.29, 0.717) is 0 Å². The quantitative estimate of drug-likeness (QED) is 0.796. The van der Waals surface area contributed by atoms with Crippen LogP contribution in [0.5, 0.6) is 0 Å². The summed E-state index contributed by atoms with van der Waals surface area (Å²) in [5.41, 5.74) is 0. The summed E-state index contributed by atoms with van der Waals surface area (Å²) in [6.45, 7) is 1.71. The van der Waals surface area contributed by atoms with Gasteiger partial charge in [0.05, 0.1) is 4.90 Å². The zero-order valence-corrected chi connectivity index (χ0v) is 12.2. The van der Waals surface area contributed by atoms with Crippen molar-refractivity contribution in [3.8, 4) is 0 Å². The van der Waals surface area contributed by atoms with Gasteiger partial charge in [-0.2, -0.15) is 0 Å². The molecule has 18 heavy (non-hydrogen) atoms. The average Bonchev–Trinajstić information content (AvgIpc) is 2.75. The third-order valence-electron chi connectivity index (χ3n) is 2.22. The van der Waals surface area contributed by atoms with Gasteiger partial charge in [-0.05, 0) is 13.0 Å². The number of carbonyl (C=O) groups is 1. The summed E-state index contributed by atoms with van der Waals surface area (Å²) in [4.78, 5) is 10.5. The predicted octanol–water partition coefficient (Wildman–Crippen LogP) is 0.492. The van der Waals surface area contributed by atoms with Gasteiger partial charge in [0.2, 0.25) is 10.0 Å². The predicted molar refractivity (Wildman–Crippen MR) is 70.0 cm³/mol. The van der Waals surface area contributed by atoms with Crippen LogP contribution < -0.4 is 4.72 Å². The third kappa shape index (κ3) is 3.87. The minimum atomic E-state index is -3.74. The summed E-state index contributed by atoms with van der Waals surface area (Å²) < 4.78 is 37.0. The van der Waals surface area contributed by atoms with Crippen molar-refractivity contribution in [1.82, 2.24) is 4.72 Å². The normalized spacial score (nSPS) is 15.2. The van der Waals surface area contributed by atoms with E-state index >= 15 is 0 Å². The van der Waals surface area contributed by atoms with E-state index < -0.39 is 26.8 Å². The van der Waals surface area contributed by atoms with Crippen molar-refractivity contribution in [3.05, 3.63) is 16.3 Å². The summed E-state index contributed by atoms with van der Waals surface area (Å²) in [6.07, 6.45) is 1.49. The molecule has 2 N–H and O–H groups in total. The minimum absolute atomic E-state index is 0.0394. The van der Waals surface area contributed by atoms with Gasteiger partial charge in [-0.25, -0.2) is 17.9 Å². The molecule has 0 fully saturated rings. The van der Waals surface area contributed by atoms with Crippen molar-refractivity contribution in [2.45, 2.75) is 17.1 Å². The Morgan fingerprint density at radius 1 is 1.61 bits per heavy atom. The van der Waals surface area contributed by atoms with Gasteiger partial charge >= 0.3 is 5.97 Å². The molecule has 0 radical (unpaired) electrons. The molecule has 102 valence electrons. The van der Waals surface area contributed by atoms with Crippen LogP contribution in [-0.4, -0.2) is 41.8 Å². The van der Waals surface area contributed by atoms with Crippen molar-refractivity contribution >= 4 is 38.1 Å². The van der Waals surface area contributed by atoms with Crippen LogP contribution in [0, 0.1) is 0 Å². The Hall–Kier alpha value is -0.770. The molecule has 0 aliphatic heterocycles. The highest BCUT2D eigenvalue weighted by atomic mass is 32.2. The highest BCUT2D eigenvalue weighted by Gasteiger charge is 2.19. The van der Waals surface area contributed by atoms with E-state index in [-0.39, 0.29) is 21.6 Å². The second kappa shape index (κ2) is 5.91. The molecular weight excluding hydrogens is 298 g/mol. The Kier molecular flexibility index (Phi) is 5.02. The minimum Gasteiger partial charge on any atom is -0.477 e. The van der Waals surface area contributed by atoms with Crippen molar-refractivity contribution < 1.29 is 22.5 Å². The molecule has 0 aliphatic rings. The molecule has 9 heteroatoms. The van der Waals surface area contributed by atoms with Crippen LogP contribution >= 0.6 is 11.3 Å². The fourth-order valence-electron chi connectivity index (χ4n) is 1.000. The van der Waals surface area contributed by atoms with E-state index in [1.807, 2.05) is 0 Å². The zero-order chi connectivity index (χ0) is 13.9. The van der Waals surface area contributed by atoms with Crippen molar-refractivity contribution in [1.29, 1.82) is 0 Å². The maximum absolute atomic E-state index is 11.8. The molecule has 1 aromatic heterocycles. The number of thiophene rings is 1. The molecule has 0 aliphatic carbocycles. The number of carboxylic acids is 1. The number of hydrogen-bond acceptors (Lipinski definition) is 5. The van der Waals surface area contributed by atoms with Gasteiger partial charge in [-0.3, -0.25) is 4.21 Å². The van der Waals surface area contributed by atoms with Gasteiger partial charge in [0.15, 0.2) is 0 Å². The molecule has 2 atom stereocenters. The van der Waals surface area contributed by atoms with Crippen LogP contribution in [0.3, 0.4) is 0 Å². The lowest BCUT2D eigenvalue weighted by atomic mass is 10.5. The molecule has 0 saturated carbocycles. The Morgan fingerprint density at radius 3 is 2.67 bits per heavy atom. The molecule has 0 aromatic carbocycles. The number of hydrogen-bond donors (Lipinski definition) is 2.